The molecule has 0 aromatic carbocycles. The van der Waals surface area contributed by atoms with Crippen molar-refractivity contribution in [1.29, 1.82) is 0 Å². The average molecular weight is 253 g/mol. The van der Waals surface area contributed by atoms with E-state index in [1.54, 1.807) is 11.3 Å². The first kappa shape index (κ1) is 13.0. The highest BCUT2D eigenvalue weighted by Gasteiger charge is 2.19. The van der Waals surface area contributed by atoms with E-state index in [0.717, 1.165) is 5.92 Å². The number of nitrogens with one attached hydrogen (secondary N) is 1. The van der Waals surface area contributed by atoms with Crippen LogP contribution in [0.25, 0.3) is 0 Å². The van der Waals surface area contributed by atoms with Gasteiger partial charge in [0.05, 0.1) is 10.7 Å². The van der Waals surface area contributed by atoms with Crippen LogP contribution < -0.4 is 5.32 Å². The predicted molar refractivity (Wildman–Crippen MR) is 73.5 cm³/mol. The topological polar surface area (TPSA) is 28.2 Å². The van der Waals surface area contributed by atoms with Crippen molar-refractivity contribution in [2.75, 3.05) is 26.7 Å². The standard InChI is InChI=1S/C13H23N3S/c1-10(13-9-17-11(2)15-13)16(3)8-12-5-4-6-14-7-12/h9-10,12,14H,4-8H2,1-3H3. The molecule has 1 N–H and O–H groups in total. The number of thiazole rings is 1. The molecule has 96 valence electrons. The molecule has 1 aromatic rings. The minimum atomic E-state index is 0.432. The monoisotopic (exact) mass is 253 g/mol. The Hall–Kier alpha value is -0.450. The van der Waals surface area contributed by atoms with E-state index in [1.165, 1.54) is 43.2 Å². The maximum atomic E-state index is 4.59. The van der Waals surface area contributed by atoms with Crippen LogP contribution in [0.2, 0.25) is 0 Å². The minimum Gasteiger partial charge on any atom is -0.316 e. The molecule has 0 spiro atoms. The molecule has 1 fully saturated rings. The highest BCUT2D eigenvalue weighted by Crippen LogP contribution is 2.22. The fourth-order valence-corrected chi connectivity index (χ4v) is 3.14. The molecule has 1 aliphatic rings. The first-order valence-electron chi connectivity index (χ1n) is 6.50. The lowest BCUT2D eigenvalue weighted by Gasteiger charge is -2.30. The summed E-state index contributed by atoms with van der Waals surface area (Å²) in [5, 5.41) is 6.84. The molecule has 1 aliphatic heterocycles. The van der Waals surface area contributed by atoms with E-state index in [9.17, 15) is 0 Å². The zero-order valence-corrected chi connectivity index (χ0v) is 11.9. The number of rotatable bonds is 4. The van der Waals surface area contributed by atoms with Crippen LogP contribution in [-0.2, 0) is 0 Å². The highest BCUT2D eigenvalue weighted by atomic mass is 32.1. The van der Waals surface area contributed by atoms with Gasteiger partial charge in [-0.05, 0) is 52.7 Å². The number of aromatic nitrogens is 1. The van der Waals surface area contributed by atoms with Crippen LogP contribution in [0.1, 0.15) is 36.5 Å². The summed E-state index contributed by atoms with van der Waals surface area (Å²) in [6.45, 7) is 7.87. The van der Waals surface area contributed by atoms with Crippen LogP contribution in [0, 0.1) is 12.8 Å². The van der Waals surface area contributed by atoms with Crippen molar-refractivity contribution < 1.29 is 0 Å². The molecular weight excluding hydrogens is 230 g/mol. The Balaban J connectivity index is 1.88. The average Bonchev–Trinajstić information content (AvgIpc) is 2.76. The molecule has 2 unspecified atom stereocenters. The third-order valence-corrected chi connectivity index (χ3v) is 4.46. The minimum absolute atomic E-state index is 0.432. The summed E-state index contributed by atoms with van der Waals surface area (Å²) >= 11 is 1.75. The third-order valence-electron chi connectivity index (χ3n) is 3.67. The van der Waals surface area contributed by atoms with Crippen LogP contribution >= 0.6 is 11.3 Å². The summed E-state index contributed by atoms with van der Waals surface area (Å²) in [5.41, 5.74) is 1.22. The normalized spacial score (nSPS) is 22.9. The van der Waals surface area contributed by atoms with Gasteiger partial charge in [0.15, 0.2) is 0 Å². The van der Waals surface area contributed by atoms with Gasteiger partial charge in [-0.2, -0.15) is 0 Å². The van der Waals surface area contributed by atoms with E-state index in [0.29, 0.717) is 6.04 Å². The van der Waals surface area contributed by atoms with Crippen LogP contribution in [0.5, 0.6) is 0 Å². The van der Waals surface area contributed by atoms with Crippen molar-refractivity contribution in [2.45, 2.75) is 32.7 Å². The Morgan fingerprint density at radius 3 is 3.06 bits per heavy atom. The quantitative estimate of drug-likeness (QED) is 0.893. The van der Waals surface area contributed by atoms with Crippen molar-refractivity contribution in [1.82, 2.24) is 15.2 Å². The van der Waals surface area contributed by atoms with Crippen LogP contribution in [0.3, 0.4) is 0 Å². The molecule has 0 aliphatic carbocycles. The van der Waals surface area contributed by atoms with Gasteiger partial charge >= 0.3 is 0 Å². The lowest BCUT2D eigenvalue weighted by molar-refractivity contribution is 0.197. The summed E-state index contributed by atoms with van der Waals surface area (Å²) in [6, 6.07) is 0.432. The Kier molecular flexibility index (Phi) is 4.54. The maximum absolute atomic E-state index is 4.59. The van der Waals surface area contributed by atoms with Gasteiger partial charge in [-0.3, -0.25) is 4.90 Å². The largest absolute Gasteiger partial charge is 0.316 e. The van der Waals surface area contributed by atoms with Crippen LogP contribution in [0.15, 0.2) is 5.38 Å². The SMILES string of the molecule is Cc1nc(C(C)N(C)CC2CCCNC2)cs1. The van der Waals surface area contributed by atoms with Crippen molar-refractivity contribution >= 4 is 11.3 Å². The lowest BCUT2D eigenvalue weighted by atomic mass is 9.98. The van der Waals surface area contributed by atoms with Crippen molar-refractivity contribution in [3.05, 3.63) is 16.1 Å². The Morgan fingerprint density at radius 2 is 2.47 bits per heavy atom. The summed E-state index contributed by atoms with van der Waals surface area (Å²) in [6.07, 6.45) is 2.68. The molecule has 1 aromatic heterocycles. The fourth-order valence-electron chi connectivity index (χ4n) is 2.44. The lowest BCUT2D eigenvalue weighted by Crippen LogP contribution is -2.37. The summed E-state index contributed by atoms with van der Waals surface area (Å²) < 4.78 is 0. The second-order valence-corrected chi connectivity index (χ2v) is 6.18. The molecular formula is C13H23N3S. The van der Waals surface area contributed by atoms with Crippen molar-refractivity contribution in [3.8, 4) is 0 Å². The smallest absolute Gasteiger partial charge is 0.0898 e. The van der Waals surface area contributed by atoms with Gasteiger partial charge in [0, 0.05) is 18.0 Å². The molecule has 4 heteroatoms. The van der Waals surface area contributed by atoms with Gasteiger partial charge < -0.3 is 5.32 Å². The summed E-state index contributed by atoms with van der Waals surface area (Å²) in [7, 11) is 2.22. The number of piperidine rings is 1. The molecule has 0 radical (unpaired) electrons. The zero-order valence-electron chi connectivity index (χ0n) is 11.1. The highest BCUT2D eigenvalue weighted by molar-refractivity contribution is 7.09. The molecule has 2 atom stereocenters. The van der Waals surface area contributed by atoms with Crippen LogP contribution in [0.4, 0.5) is 0 Å². The Morgan fingerprint density at radius 1 is 1.65 bits per heavy atom. The van der Waals surface area contributed by atoms with Crippen molar-refractivity contribution in [3.63, 3.8) is 0 Å². The first-order valence-corrected chi connectivity index (χ1v) is 7.37. The number of hydrogen-bond donors (Lipinski definition) is 1. The zero-order chi connectivity index (χ0) is 12.3. The fraction of sp³-hybridized carbons (Fsp3) is 0.769. The van der Waals surface area contributed by atoms with E-state index in [4.69, 9.17) is 0 Å². The molecule has 0 bridgehead atoms. The van der Waals surface area contributed by atoms with Gasteiger partial charge in [0.1, 0.15) is 0 Å². The van der Waals surface area contributed by atoms with Crippen molar-refractivity contribution in [2.24, 2.45) is 5.92 Å². The van der Waals surface area contributed by atoms with E-state index in [-0.39, 0.29) is 0 Å². The molecule has 17 heavy (non-hydrogen) atoms. The molecule has 3 nitrogen and oxygen atoms in total. The van der Waals surface area contributed by atoms with Crippen LogP contribution in [-0.4, -0.2) is 36.6 Å². The van der Waals surface area contributed by atoms with E-state index < -0.39 is 0 Å². The van der Waals surface area contributed by atoms with E-state index >= 15 is 0 Å². The van der Waals surface area contributed by atoms with E-state index in [1.807, 2.05) is 0 Å². The summed E-state index contributed by atoms with van der Waals surface area (Å²) in [5.74, 6) is 0.802. The van der Waals surface area contributed by atoms with Gasteiger partial charge in [-0.1, -0.05) is 0 Å². The Bertz CT molecular complexity index is 344. The number of nitrogens with zero attached hydrogens (tertiary/aromatic N) is 2. The van der Waals surface area contributed by atoms with E-state index in [2.05, 4.69) is 41.5 Å². The third kappa shape index (κ3) is 3.50. The summed E-state index contributed by atoms with van der Waals surface area (Å²) in [4.78, 5) is 7.02. The molecule has 0 saturated carbocycles. The van der Waals surface area contributed by atoms with Gasteiger partial charge in [0.25, 0.3) is 0 Å². The van der Waals surface area contributed by atoms with Gasteiger partial charge in [-0.15, -0.1) is 11.3 Å². The van der Waals surface area contributed by atoms with Gasteiger partial charge in [0.2, 0.25) is 0 Å². The van der Waals surface area contributed by atoms with Gasteiger partial charge in [-0.25, -0.2) is 4.98 Å². The number of aryl methyl sites for hydroxylation is 1. The Labute approximate surface area is 108 Å². The second-order valence-electron chi connectivity index (χ2n) is 5.12. The first-order chi connectivity index (χ1) is 8.16. The maximum Gasteiger partial charge on any atom is 0.0898 e. The predicted octanol–water partition coefficient (Wildman–Crippen LogP) is 2.44. The molecule has 0 amide bonds. The molecule has 2 heterocycles. The molecule has 1 saturated heterocycles. The second kappa shape index (κ2) is 5.94. The molecule has 2 rings (SSSR count). The number of hydrogen-bond acceptors (Lipinski definition) is 4.